The number of hydrogen-bond acceptors (Lipinski definition) is 3. The number of hydrogen-bond donors (Lipinski definition) is 1. The van der Waals surface area contributed by atoms with Crippen LogP contribution in [-0.2, 0) is 9.53 Å². The Hall–Kier alpha value is -1.84. The molecule has 1 aliphatic rings. The summed E-state index contributed by atoms with van der Waals surface area (Å²) in [5.41, 5.74) is 0.506. The fourth-order valence-corrected chi connectivity index (χ4v) is 2.07. The highest BCUT2D eigenvalue weighted by molar-refractivity contribution is 5.89. The van der Waals surface area contributed by atoms with Gasteiger partial charge in [-0.2, -0.15) is 0 Å². The molecule has 0 spiro atoms. The Morgan fingerprint density at radius 3 is 2.47 bits per heavy atom. The van der Waals surface area contributed by atoms with E-state index in [0.717, 1.165) is 0 Å². The summed E-state index contributed by atoms with van der Waals surface area (Å²) in [4.78, 5) is 22.5. The predicted molar refractivity (Wildman–Crippen MR) is 60.6 cm³/mol. The standard InChI is InChI=1S/C13H14O4/c14-12(15)10-6-7-11(8-10)17-13(16)9-4-2-1-3-5-9/h1-5,10-11H,6-8H2,(H,14,15). The van der Waals surface area contributed by atoms with Gasteiger partial charge in [0.1, 0.15) is 6.10 Å². The van der Waals surface area contributed by atoms with Crippen LogP contribution in [0.1, 0.15) is 29.6 Å². The van der Waals surface area contributed by atoms with E-state index in [1.165, 1.54) is 0 Å². The van der Waals surface area contributed by atoms with Crippen LogP contribution < -0.4 is 0 Å². The molecule has 4 nitrogen and oxygen atoms in total. The van der Waals surface area contributed by atoms with E-state index < -0.39 is 5.97 Å². The lowest BCUT2D eigenvalue weighted by Gasteiger charge is -2.11. The smallest absolute Gasteiger partial charge is 0.338 e. The van der Waals surface area contributed by atoms with Gasteiger partial charge in [0.15, 0.2) is 0 Å². The van der Waals surface area contributed by atoms with Crippen LogP contribution in [0.2, 0.25) is 0 Å². The number of carboxylic acid groups (broad SMARTS) is 1. The van der Waals surface area contributed by atoms with Gasteiger partial charge < -0.3 is 9.84 Å². The van der Waals surface area contributed by atoms with E-state index in [4.69, 9.17) is 9.84 Å². The minimum atomic E-state index is -0.803. The number of benzene rings is 1. The molecular formula is C13H14O4. The third-order valence-corrected chi connectivity index (χ3v) is 3.02. The van der Waals surface area contributed by atoms with Gasteiger partial charge in [0, 0.05) is 0 Å². The van der Waals surface area contributed by atoms with Crippen molar-refractivity contribution in [1.82, 2.24) is 0 Å². The summed E-state index contributed by atoms with van der Waals surface area (Å²) >= 11 is 0. The summed E-state index contributed by atoms with van der Waals surface area (Å²) in [6.07, 6.45) is 1.38. The van der Waals surface area contributed by atoms with Crippen molar-refractivity contribution in [3.63, 3.8) is 0 Å². The number of carbonyl (C=O) groups is 2. The van der Waals surface area contributed by atoms with Crippen LogP contribution in [0.3, 0.4) is 0 Å². The van der Waals surface area contributed by atoms with Gasteiger partial charge in [0.05, 0.1) is 11.5 Å². The first-order valence-electron chi connectivity index (χ1n) is 5.65. The third-order valence-electron chi connectivity index (χ3n) is 3.02. The summed E-state index contributed by atoms with van der Waals surface area (Å²) in [6, 6.07) is 8.74. The highest BCUT2D eigenvalue weighted by Crippen LogP contribution is 2.28. The summed E-state index contributed by atoms with van der Waals surface area (Å²) in [6.45, 7) is 0. The maximum Gasteiger partial charge on any atom is 0.338 e. The van der Waals surface area contributed by atoms with E-state index in [2.05, 4.69) is 0 Å². The summed E-state index contributed by atoms with van der Waals surface area (Å²) < 4.78 is 5.28. The van der Waals surface area contributed by atoms with E-state index in [9.17, 15) is 9.59 Å². The molecule has 1 fully saturated rings. The van der Waals surface area contributed by atoms with E-state index in [-0.39, 0.29) is 18.0 Å². The molecular weight excluding hydrogens is 220 g/mol. The van der Waals surface area contributed by atoms with E-state index in [1.54, 1.807) is 24.3 Å². The average molecular weight is 234 g/mol. The van der Waals surface area contributed by atoms with E-state index in [1.807, 2.05) is 6.07 Å². The summed E-state index contributed by atoms with van der Waals surface area (Å²) in [5.74, 6) is -1.55. The summed E-state index contributed by atoms with van der Waals surface area (Å²) in [5, 5.41) is 8.84. The van der Waals surface area contributed by atoms with Gasteiger partial charge in [-0.3, -0.25) is 4.79 Å². The number of esters is 1. The number of ether oxygens (including phenoxy) is 1. The van der Waals surface area contributed by atoms with Gasteiger partial charge in [-0.1, -0.05) is 18.2 Å². The SMILES string of the molecule is O=C(OC1CCC(C(=O)O)C1)c1ccccc1. The molecule has 1 aromatic carbocycles. The lowest BCUT2D eigenvalue weighted by Crippen LogP contribution is -2.17. The van der Waals surface area contributed by atoms with Crippen LogP contribution in [0.5, 0.6) is 0 Å². The van der Waals surface area contributed by atoms with Crippen LogP contribution in [-0.4, -0.2) is 23.1 Å². The van der Waals surface area contributed by atoms with Gasteiger partial charge in [-0.25, -0.2) is 4.79 Å². The second kappa shape index (κ2) is 4.99. The number of rotatable bonds is 3. The zero-order chi connectivity index (χ0) is 12.3. The predicted octanol–water partition coefficient (Wildman–Crippen LogP) is 2.10. The highest BCUT2D eigenvalue weighted by Gasteiger charge is 2.32. The average Bonchev–Trinajstić information content (AvgIpc) is 2.79. The molecule has 1 saturated carbocycles. The van der Waals surface area contributed by atoms with Crippen LogP contribution in [0.4, 0.5) is 0 Å². The monoisotopic (exact) mass is 234 g/mol. The fourth-order valence-electron chi connectivity index (χ4n) is 2.07. The quantitative estimate of drug-likeness (QED) is 0.813. The first kappa shape index (κ1) is 11.6. The number of carboxylic acids is 1. The normalized spacial score (nSPS) is 23.3. The second-order valence-electron chi connectivity index (χ2n) is 4.24. The molecule has 4 heteroatoms. The number of aliphatic carboxylic acids is 1. The van der Waals surface area contributed by atoms with Crippen molar-refractivity contribution >= 4 is 11.9 Å². The summed E-state index contributed by atoms with van der Waals surface area (Å²) in [7, 11) is 0. The van der Waals surface area contributed by atoms with Gasteiger partial charge in [0.25, 0.3) is 0 Å². The van der Waals surface area contributed by atoms with Crippen LogP contribution in [0.15, 0.2) is 30.3 Å². The fraction of sp³-hybridized carbons (Fsp3) is 0.385. The molecule has 0 radical (unpaired) electrons. The molecule has 90 valence electrons. The topological polar surface area (TPSA) is 63.6 Å². The van der Waals surface area contributed by atoms with Crippen LogP contribution in [0, 0.1) is 5.92 Å². The van der Waals surface area contributed by atoms with Crippen LogP contribution in [0.25, 0.3) is 0 Å². The Balaban J connectivity index is 1.91. The minimum Gasteiger partial charge on any atom is -0.481 e. The molecule has 2 atom stereocenters. The lowest BCUT2D eigenvalue weighted by atomic mass is 10.1. The van der Waals surface area contributed by atoms with Crippen molar-refractivity contribution in [3.05, 3.63) is 35.9 Å². The van der Waals surface area contributed by atoms with Gasteiger partial charge in [0.2, 0.25) is 0 Å². The third kappa shape index (κ3) is 2.84. The Morgan fingerprint density at radius 2 is 1.88 bits per heavy atom. The molecule has 0 heterocycles. The number of carbonyl (C=O) groups excluding carboxylic acids is 1. The molecule has 0 bridgehead atoms. The van der Waals surface area contributed by atoms with E-state index >= 15 is 0 Å². The molecule has 17 heavy (non-hydrogen) atoms. The van der Waals surface area contributed by atoms with Crippen molar-refractivity contribution in [2.45, 2.75) is 25.4 Å². The maximum absolute atomic E-state index is 11.7. The van der Waals surface area contributed by atoms with Crippen molar-refractivity contribution in [3.8, 4) is 0 Å². The Morgan fingerprint density at radius 1 is 1.18 bits per heavy atom. The Kier molecular flexibility index (Phi) is 3.42. The highest BCUT2D eigenvalue weighted by atomic mass is 16.5. The molecule has 0 saturated heterocycles. The van der Waals surface area contributed by atoms with Crippen molar-refractivity contribution in [1.29, 1.82) is 0 Å². The molecule has 1 N–H and O–H groups in total. The van der Waals surface area contributed by atoms with E-state index in [0.29, 0.717) is 24.8 Å². The van der Waals surface area contributed by atoms with Gasteiger partial charge >= 0.3 is 11.9 Å². The van der Waals surface area contributed by atoms with Gasteiger partial charge in [-0.15, -0.1) is 0 Å². The molecule has 1 aliphatic carbocycles. The molecule has 0 aromatic heterocycles. The van der Waals surface area contributed by atoms with Crippen molar-refractivity contribution in [2.75, 3.05) is 0 Å². The van der Waals surface area contributed by atoms with Crippen LogP contribution >= 0.6 is 0 Å². The lowest BCUT2D eigenvalue weighted by molar-refractivity contribution is -0.141. The second-order valence-corrected chi connectivity index (χ2v) is 4.24. The maximum atomic E-state index is 11.7. The van der Waals surface area contributed by atoms with Gasteiger partial charge in [-0.05, 0) is 31.4 Å². The van der Waals surface area contributed by atoms with Crippen molar-refractivity contribution < 1.29 is 19.4 Å². The van der Waals surface area contributed by atoms with Crippen molar-refractivity contribution in [2.24, 2.45) is 5.92 Å². The molecule has 2 rings (SSSR count). The zero-order valence-electron chi connectivity index (χ0n) is 9.33. The first-order chi connectivity index (χ1) is 8.16. The minimum absolute atomic E-state index is 0.260. The largest absolute Gasteiger partial charge is 0.481 e. The zero-order valence-corrected chi connectivity index (χ0v) is 9.33. The molecule has 1 aromatic rings. The Labute approximate surface area is 99.2 Å². The molecule has 2 unspecified atom stereocenters. The Bertz CT molecular complexity index is 413. The first-order valence-corrected chi connectivity index (χ1v) is 5.65. The molecule has 0 aliphatic heterocycles. The molecule has 0 amide bonds.